The van der Waals surface area contributed by atoms with Crippen LogP contribution in [0.25, 0.3) is 0 Å². The van der Waals surface area contributed by atoms with E-state index in [1.54, 1.807) is 24.3 Å². The highest BCUT2D eigenvalue weighted by atomic mass is 35.5. The molecule has 2 aromatic carbocycles. The topological polar surface area (TPSA) is 75.3 Å². The summed E-state index contributed by atoms with van der Waals surface area (Å²) in [6.07, 6.45) is 0. The van der Waals surface area contributed by atoms with Crippen LogP contribution < -0.4 is 10.9 Å². The van der Waals surface area contributed by atoms with E-state index >= 15 is 0 Å². The molecule has 116 valence electrons. The normalized spacial score (nSPS) is 11.2. The van der Waals surface area contributed by atoms with E-state index in [0.29, 0.717) is 0 Å². The summed E-state index contributed by atoms with van der Waals surface area (Å²) in [5, 5.41) is 0.357. The summed E-state index contributed by atoms with van der Waals surface area (Å²) in [5.74, 6) is -1.07. The molecule has 2 aromatic rings. The van der Waals surface area contributed by atoms with Gasteiger partial charge >= 0.3 is 0 Å². The molecule has 0 fully saturated rings. The number of halogens is 2. The van der Waals surface area contributed by atoms with Crippen molar-refractivity contribution in [3.63, 3.8) is 0 Å². The number of sulfone groups is 1. The van der Waals surface area contributed by atoms with Crippen molar-refractivity contribution in [1.82, 2.24) is 10.9 Å². The third-order valence-corrected chi connectivity index (χ3v) is 4.90. The molecule has 0 heterocycles. The van der Waals surface area contributed by atoms with Gasteiger partial charge in [0.1, 0.15) is 5.88 Å². The number of carbonyl (C=O) groups is 1. The molecule has 0 spiro atoms. The Morgan fingerprint density at radius 1 is 0.955 bits per heavy atom. The molecule has 0 aliphatic heterocycles. The summed E-state index contributed by atoms with van der Waals surface area (Å²) >= 11 is 11.8. The summed E-state index contributed by atoms with van der Waals surface area (Å²) in [5.41, 5.74) is 4.72. The second kappa shape index (κ2) is 7.11. The van der Waals surface area contributed by atoms with E-state index in [1.165, 1.54) is 24.3 Å². The number of hydrogen-bond donors (Lipinski definition) is 2. The molecule has 0 bridgehead atoms. The molecule has 8 heteroatoms. The van der Waals surface area contributed by atoms with E-state index in [4.69, 9.17) is 23.2 Å². The van der Waals surface area contributed by atoms with Gasteiger partial charge in [-0.15, -0.1) is 0 Å². The van der Waals surface area contributed by atoms with Crippen LogP contribution in [0.1, 0.15) is 10.4 Å². The van der Waals surface area contributed by atoms with Gasteiger partial charge in [0.05, 0.1) is 20.5 Å². The predicted molar refractivity (Wildman–Crippen MR) is 85.6 cm³/mol. The second-order valence-corrected chi connectivity index (χ2v) is 7.10. The minimum absolute atomic E-state index is 0.0791. The lowest BCUT2D eigenvalue weighted by atomic mass is 10.2. The second-order valence-electron chi connectivity index (χ2n) is 4.30. The number of amides is 1. The molecule has 0 unspecified atom stereocenters. The molecule has 0 atom stereocenters. The summed E-state index contributed by atoms with van der Waals surface area (Å²) in [6.45, 7) is 0. The number of benzene rings is 2. The van der Waals surface area contributed by atoms with Crippen LogP contribution in [-0.4, -0.2) is 20.2 Å². The Hall–Kier alpha value is -1.60. The fourth-order valence-electron chi connectivity index (χ4n) is 1.70. The van der Waals surface area contributed by atoms with E-state index < -0.39 is 21.6 Å². The summed E-state index contributed by atoms with van der Waals surface area (Å²) in [7, 11) is -3.55. The van der Waals surface area contributed by atoms with Gasteiger partial charge < -0.3 is 0 Å². The number of hydrogen-bond acceptors (Lipinski definition) is 4. The molecule has 0 saturated heterocycles. The Labute approximate surface area is 138 Å². The Bertz CT molecular complexity index is 760. The van der Waals surface area contributed by atoms with Crippen LogP contribution in [0.3, 0.4) is 0 Å². The molecule has 0 aliphatic carbocycles. The average molecular weight is 359 g/mol. The van der Waals surface area contributed by atoms with Gasteiger partial charge in [-0.2, -0.15) is 0 Å². The summed E-state index contributed by atoms with van der Waals surface area (Å²) < 4.78 is 24.0. The van der Waals surface area contributed by atoms with E-state index in [2.05, 4.69) is 10.9 Å². The highest BCUT2D eigenvalue weighted by Gasteiger charge is 2.17. The third-order valence-electron chi connectivity index (χ3n) is 2.76. The number of nitrogens with one attached hydrogen (secondary N) is 2. The molecule has 0 radical (unpaired) electrons. The quantitative estimate of drug-likeness (QED) is 0.805. The zero-order valence-corrected chi connectivity index (χ0v) is 13.5. The first kappa shape index (κ1) is 16.8. The van der Waals surface area contributed by atoms with Crippen LogP contribution in [0.5, 0.6) is 0 Å². The van der Waals surface area contributed by atoms with Crippen LogP contribution in [-0.2, 0) is 9.84 Å². The van der Waals surface area contributed by atoms with Gasteiger partial charge in [0.15, 0.2) is 9.84 Å². The molecule has 0 aliphatic rings. The monoisotopic (exact) mass is 358 g/mol. The van der Waals surface area contributed by atoms with Crippen LogP contribution >= 0.6 is 23.2 Å². The highest BCUT2D eigenvalue weighted by molar-refractivity contribution is 7.91. The first-order valence-electron chi connectivity index (χ1n) is 6.17. The van der Waals surface area contributed by atoms with Gasteiger partial charge in [0.25, 0.3) is 5.91 Å². The van der Waals surface area contributed by atoms with Crippen LogP contribution in [0.2, 0.25) is 10.0 Å². The molecule has 0 saturated carbocycles. The van der Waals surface area contributed by atoms with Crippen molar-refractivity contribution in [2.45, 2.75) is 4.90 Å². The zero-order chi connectivity index (χ0) is 16.2. The van der Waals surface area contributed by atoms with Crippen LogP contribution in [0.4, 0.5) is 0 Å². The fraction of sp³-hybridized carbons (Fsp3) is 0.0714. The van der Waals surface area contributed by atoms with E-state index in [1.807, 2.05) is 0 Å². The van der Waals surface area contributed by atoms with Gasteiger partial charge in [-0.05, 0) is 24.3 Å². The average Bonchev–Trinajstić information content (AvgIpc) is 2.48. The Morgan fingerprint density at radius 2 is 1.55 bits per heavy atom. The Balaban J connectivity index is 2.01. The summed E-state index contributed by atoms with van der Waals surface area (Å²) in [4.78, 5) is 12.1. The van der Waals surface area contributed by atoms with Crippen molar-refractivity contribution < 1.29 is 13.2 Å². The lowest BCUT2D eigenvalue weighted by Gasteiger charge is -2.10. The Kier molecular flexibility index (Phi) is 5.42. The van der Waals surface area contributed by atoms with E-state index in [-0.39, 0.29) is 20.5 Å². The minimum Gasteiger partial charge on any atom is -0.286 e. The number of rotatable bonds is 5. The maximum absolute atomic E-state index is 12.0. The van der Waals surface area contributed by atoms with Crippen molar-refractivity contribution in [1.29, 1.82) is 0 Å². The molecule has 22 heavy (non-hydrogen) atoms. The van der Waals surface area contributed by atoms with Crippen molar-refractivity contribution in [3.05, 3.63) is 64.1 Å². The number of carbonyl (C=O) groups excluding carboxylic acids is 1. The maximum Gasteiger partial charge on any atom is 0.268 e. The maximum atomic E-state index is 12.0. The van der Waals surface area contributed by atoms with Crippen molar-refractivity contribution in [3.8, 4) is 0 Å². The fourth-order valence-corrected chi connectivity index (χ4v) is 3.27. The standard InChI is InChI=1S/C14H12Cl2N2O3S/c15-11-7-4-8-12(16)13(11)14(19)18-17-9-22(20,21)10-5-2-1-3-6-10/h1-8,17H,9H2,(H,18,19). The predicted octanol–water partition coefficient (Wildman–Crippen LogP) is 2.66. The number of hydrazine groups is 1. The first-order chi connectivity index (χ1) is 10.4. The van der Waals surface area contributed by atoms with Crippen molar-refractivity contribution in [2.75, 3.05) is 5.88 Å². The highest BCUT2D eigenvalue weighted by Crippen LogP contribution is 2.23. The molecule has 2 rings (SSSR count). The van der Waals surface area contributed by atoms with Gasteiger partial charge in [-0.1, -0.05) is 47.5 Å². The van der Waals surface area contributed by atoms with Crippen molar-refractivity contribution in [2.24, 2.45) is 0 Å². The minimum atomic E-state index is -3.55. The molecule has 1 amide bonds. The van der Waals surface area contributed by atoms with Crippen molar-refractivity contribution >= 4 is 38.9 Å². The zero-order valence-electron chi connectivity index (χ0n) is 11.2. The lowest BCUT2D eigenvalue weighted by Crippen LogP contribution is -2.40. The largest absolute Gasteiger partial charge is 0.286 e. The van der Waals surface area contributed by atoms with Gasteiger partial charge in [-0.25, -0.2) is 13.8 Å². The van der Waals surface area contributed by atoms with E-state index in [9.17, 15) is 13.2 Å². The molecule has 0 aromatic heterocycles. The molecular formula is C14H12Cl2N2O3S. The summed E-state index contributed by atoms with van der Waals surface area (Å²) in [6, 6.07) is 12.5. The Morgan fingerprint density at radius 3 is 2.14 bits per heavy atom. The first-order valence-corrected chi connectivity index (χ1v) is 8.57. The third kappa shape index (κ3) is 3.98. The van der Waals surface area contributed by atoms with Gasteiger partial charge in [0.2, 0.25) is 0 Å². The SMILES string of the molecule is O=C(NNCS(=O)(=O)c1ccccc1)c1c(Cl)cccc1Cl. The molecule has 5 nitrogen and oxygen atoms in total. The van der Waals surface area contributed by atoms with E-state index in [0.717, 1.165) is 0 Å². The van der Waals surface area contributed by atoms with Crippen LogP contribution in [0.15, 0.2) is 53.4 Å². The van der Waals surface area contributed by atoms with Gasteiger partial charge in [0, 0.05) is 0 Å². The lowest BCUT2D eigenvalue weighted by molar-refractivity contribution is 0.0937. The van der Waals surface area contributed by atoms with Crippen LogP contribution in [0, 0.1) is 0 Å². The molecular weight excluding hydrogens is 347 g/mol. The van der Waals surface area contributed by atoms with Gasteiger partial charge in [-0.3, -0.25) is 10.2 Å². The molecule has 2 N–H and O–H groups in total. The smallest absolute Gasteiger partial charge is 0.268 e.